The molecule has 1 saturated carbocycles. The summed E-state index contributed by atoms with van der Waals surface area (Å²) in [4.78, 5) is 23.3. The molecule has 0 bridgehead atoms. The first kappa shape index (κ1) is 12.4. The minimum Gasteiger partial charge on any atom is -0.480 e. The van der Waals surface area contributed by atoms with E-state index < -0.39 is 12.0 Å². The van der Waals surface area contributed by atoms with Crippen molar-refractivity contribution in [3.63, 3.8) is 0 Å². The molecule has 0 saturated heterocycles. The van der Waals surface area contributed by atoms with E-state index >= 15 is 0 Å². The van der Waals surface area contributed by atoms with Crippen LogP contribution in [0.5, 0.6) is 0 Å². The predicted molar refractivity (Wildman–Crippen MR) is 60.0 cm³/mol. The van der Waals surface area contributed by atoms with E-state index in [1.165, 1.54) is 4.90 Å². The number of carbonyl (C=O) groups is 2. The molecule has 1 aliphatic carbocycles. The number of nitrogens with zero attached hydrogens (tertiary/aromatic N) is 1. The van der Waals surface area contributed by atoms with Gasteiger partial charge in [0.1, 0.15) is 6.04 Å². The second kappa shape index (κ2) is 6.00. The molecule has 1 aliphatic rings. The van der Waals surface area contributed by atoms with Gasteiger partial charge >= 0.3 is 5.97 Å². The highest BCUT2D eigenvalue weighted by molar-refractivity contribution is 7.98. The topological polar surface area (TPSA) is 57.6 Å². The second-order valence-electron chi connectivity index (χ2n) is 3.77. The second-order valence-corrected chi connectivity index (χ2v) is 4.76. The lowest BCUT2D eigenvalue weighted by Gasteiger charge is -2.24. The Morgan fingerprint density at radius 3 is 2.73 bits per heavy atom. The molecule has 0 aromatic rings. The van der Waals surface area contributed by atoms with E-state index in [0.717, 1.165) is 25.0 Å². The zero-order chi connectivity index (χ0) is 11.3. The van der Waals surface area contributed by atoms with Gasteiger partial charge in [-0.15, -0.1) is 0 Å². The zero-order valence-electron chi connectivity index (χ0n) is 8.89. The van der Waals surface area contributed by atoms with Crippen molar-refractivity contribution in [2.24, 2.45) is 0 Å². The molecule has 1 amide bonds. The molecule has 5 heteroatoms. The van der Waals surface area contributed by atoms with E-state index in [4.69, 9.17) is 5.11 Å². The maximum Gasteiger partial charge on any atom is 0.326 e. The van der Waals surface area contributed by atoms with E-state index in [0.29, 0.717) is 12.8 Å². The first-order valence-electron chi connectivity index (χ1n) is 5.15. The number of aliphatic carboxylic acids is 1. The SMILES string of the molecule is CSCCCC(C(=O)O)N(C=O)C1CC1. The summed E-state index contributed by atoms with van der Waals surface area (Å²) in [6, 6.07) is -0.444. The lowest BCUT2D eigenvalue weighted by atomic mass is 10.1. The van der Waals surface area contributed by atoms with Crippen LogP contribution >= 0.6 is 11.8 Å². The molecule has 0 aromatic heterocycles. The molecule has 0 aliphatic heterocycles. The summed E-state index contributed by atoms with van der Waals surface area (Å²) >= 11 is 1.70. The highest BCUT2D eigenvalue weighted by atomic mass is 32.2. The lowest BCUT2D eigenvalue weighted by molar-refractivity contribution is -0.147. The highest BCUT2D eigenvalue weighted by Gasteiger charge is 2.35. The summed E-state index contributed by atoms with van der Waals surface area (Å²) in [7, 11) is 0. The van der Waals surface area contributed by atoms with Crippen LogP contribution in [0.3, 0.4) is 0 Å². The van der Waals surface area contributed by atoms with Gasteiger partial charge in [0.2, 0.25) is 6.41 Å². The average Bonchev–Trinajstić information content (AvgIpc) is 3.00. The fourth-order valence-electron chi connectivity index (χ4n) is 1.61. The minimum absolute atomic E-state index is 0.179. The van der Waals surface area contributed by atoms with Gasteiger partial charge in [0, 0.05) is 6.04 Å². The van der Waals surface area contributed by atoms with Crippen molar-refractivity contribution in [2.75, 3.05) is 12.0 Å². The maximum atomic E-state index is 11.0. The molecule has 1 atom stereocenters. The number of carboxylic acid groups (broad SMARTS) is 1. The molecule has 4 nitrogen and oxygen atoms in total. The Morgan fingerprint density at radius 1 is 1.67 bits per heavy atom. The molecule has 1 fully saturated rings. The first-order chi connectivity index (χ1) is 7.20. The minimum atomic E-state index is -0.880. The van der Waals surface area contributed by atoms with Gasteiger partial charge in [0.25, 0.3) is 0 Å². The summed E-state index contributed by atoms with van der Waals surface area (Å²) in [5.74, 6) is 0.0660. The largest absolute Gasteiger partial charge is 0.480 e. The molecular formula is C10H17NO3S. The number of amides is 1. The number of carboxylic acids is 1. The average molecular weight is 231 g/mol. The van der Waals surface area contributed by atoms with Gasteiger partial charge in [0.15, 0.2) is 0 Å². The summed E-state index contributed by atoms with van der Waals surface area (Å²) < 4.78 is 0. The molecule has 1 unspecified atom stereocenters. The molecule has 1 N–H and O–H groups in total. The van der Waals surface area contributed by atoms with Gasteiger partial charge in [-0.2, -0.15) is 11.8 Å². The quantitative estimate of drug-likeness (QED) is 0.504. The fraction of sp³-hybridized carbons (Fsp3) is 0.800. The predicted octanol–water partition coefficient (Wildman–Crippen LogP) is 1.20. The van der Waals surface area contributed by atoms with Crippen molar-refractivity contribution < 1.29 is 14.7 Å². The third kappa shape index (κ3) is 3.74. The van der Waals surface area contributed by atoms with Crippen molar-refractivity contribution in [3.8, 4) is 0 Å². The molecule has 1 rings (SSSR count). The van der Waals surface area contributed by atoms with E-state index in [9.17, 15) is 9.59 Å². The summed E-state index contributed by atoms with van der Waals surface area (Å²) in [6.07, 6.45) is 5.99. The Balaban J connectivity index is 2.46. The Morgan fingerprint density at radius 2 is 2.33 bits per heavy atom. The maximum absolute atomic E-state index is 11.0. The molecule has 0 aromatic carbocycles. The Kier molecular flexibility index (Phi) is 4.94. The van der Waals surface area contributed by atoms with Crippen molar-refractivity contribution >= 4 is 24.1 Å². The molecular weight excluding hydrogens is 214 g/mol. The van der Waals surface area contributed by atoms with Crippen LogP contribution in [0.4, 0.5) is 0 Å². The summed E-state index contributed by atoms with van der Waals surface area (Å²) in [5, 5.41) is 9.04. The van der Waals surface area contributed by atoms with Crippen LogP contribution in [0.15, 0.2) is 0 Å². The lowest BCUT2D eigenvalue weighted by Crippen LogP contribution is -2.41. The number of carbonyl (C=O) groups excluding carboxylic acids is 1. The Labute approximate surface area is 94.0 Å². The van der Waals surface area contributed by atoms with E-state index in [-0.39, 0.29) is 6.04 Å². The standard InChI is InChI=1S/C10H17NO3S/c1-15-6-2-3-9(10(13)14)11(7-12)8-4-5-8/h7-9H,2-6H2,1H3,(H,13,14). The van der Waals surface area contributed by atoms with Crippen LogP contribution in [0, 0.1) is 0 Å². The molecule has 86 valence electrons. The molecule has 0 radical (unpaired) electrons. The zero-order valence-corrected chi connectivity index (χ0v) is 9.70. The summed E-state index contributed by atoms with van der Waals surface area (Å²) in [5.41, 5.74) is 0. The number of hydrogen-bond acceptors (Lipinski definition) is 3. The Hall–Kier alpha value is -0.710. The van der Waals surface area contributed by atoms with Crippen LogP contribution < -0.4 is 0 Å². The number of rotatable bonds is 8. The summed E-state index contributed by atoms with van der Waals surface area (Å²) in [6.45, 7) is 0. The third-order valence-electron chi connectivity index (χ3n) is 2.56. The Bertz CT molecular complexity index is 231. The van der Waals surface area contributed by atoms with Crippen molar-refractivity contribution in [3.05, 3.63) is 0 Å². The number of thioether (sulfide) groups is 1. The van der Waals surface area contributed by atoms with Gasteiger partial charge in [0.05, 0.1) is 0 Å². The molecule has 15 heavy (non-hydrogen) atoms. The van der Waals surface area contributed by atoms with Crippen molar-refractivity contribution in [2.45, 2.75) is 37.8 Å². The van der Waals surface area contributed by atoms with Gasteiger partial charge < -0.3 is 10.0 Å². The first-order valence-corrected chi connectivity index (χ1v) is 6.54. The van der Waals surface area contributed by atoms with E-state index in [1.807, 2.05) is 6.26 Å². The van der Waals surface area contributed by atoms with Gasteiger partial charge in [-0.3, -0.25) is 4.79 Å². The highest BCUT2D eigenvalue weighted by Crippen LogP contribution is 2.28. The van der Waals surface area contributed by atoms with Crippen LogP contribution in [0.1, 0.15) is 25.7 Å². The van der Waals surface area contributed by atoms with Crippen molar-refractivity contribution in [1.29, 1.82) is 0 Å². The van der Waals surface area contributed by atoms with Gasteiger partial charge in [-0.25, -0.2) is 4.79 Å². The van der Waals surface area contributed by atoms with Crippen molar-refractivity contribution in [1.82, 2.24) is 4.90 Å². The normalized spacial score (nSPS) is 17.1. The monoisotopic (exact) mass is 231 g/mol. The van der Waals surface area contributed by atoms with Crippen LogP contribution in [-0.4, -0.2) is 46.5 Å². The molecule has 0 spiro atoms. The molecule has 0 heterocycles. The smallest absolute Gasteiger partial charge is 0.326 e. The van der Waals surface area contributed by atoms with Crippen LogP contribution in [0.2, 0.25) is 0 Å². The van der Waals surface area contributed by atoms with Gasteiger partial charge in [-0.1, -0.05) is 0 Å². The van der Waals surface area contributed by atoms with E-state index in [1.54, 1.807) is 11.8 Å². The number of hydrogen-bond donors (Lipinski definition) is 1. The van der Waals surface area contributed by atoms with E-state index in [2.05, 4.69) is 0 Å². The fourth-order valence-corrected chi connectivity index (χ4v) is 2.06. The van der Waals surface area contributed by atoms with Crippen LogP contribution in [-0.2, 0) is 9.59 Å². The third-order valence-corrected chi connectivity index (χ3v) is 3.26. The van der Waals surface area contributed by atoms with Gasteiger partial charge in [-0.05, 0) is 37.7 Å². The van der Waals surface area contributed by atoms with Crippen LogP contribution in [0.25, 0.3) is 0 Å².